The molecule has 0 unspecified atom stereocenters. The lowest BCUT2D eigenvalue weighted by Crippen LogP contribution is -2.34. The Morgan fingerprint density at radius 3 is 2.16 bits per heavy atom. The summed E-state index contributed by atoms with van der Waals surface area (Å²) in [5.41, 5.74) is 0.512. The van der Waals surface area contributed by atoms with Crippen molar-refractivity contribution in [1.82, 2.24) is 10.0 Å². The number of carbonyl (C=O) groups excluding carboxylic acids is 1. The van der Waals surface area contributed by atoms with E-state index in [1.165, 1.54) is 38.2 Å². The third-order valence-electron chi connectivity index (χ3n) is 4.10. The topological polar surface area (TPSA) is 103 Å². The Kier molecular flexibility index (Phi) is 7.74. The number of carbonyl (C=O) groups is 1. The van der Waals surface area contributed by atoms with Crippen molar-refractivity contribution in [3.63, 3.8) is 0 Å². The minimum absolute atomic E-state index is 0.00562. The van der Waals surface area contributed by atoms with Crippen LogP contribution in [0.25, 0.3) is 0 Å². The third kappa shape index (κ3) is 6.49. The molecule has 2 N–H and O–H groups in total. The molecule has 0 spiro atoms. The van der Waals surface area contributed by atoms with Gasteiger partial charge in [0.2, 0.25) is 10.0 Å². The van der Waals surface area contributed by atoms with Crippen LogP contribution in [-0.4, -0.2) is 48.4 Å². The number of sulfonamides is 1. The zero-order valence-electron chi connectivity index (χ0n) is 16.9. The van der Waals surface area contributed by atoms with Crippen molar-refractivity contribution in [3.8, 4) is 17.2 Å². The number of halogens is 3. The molecular weight excluding hydrogens is 441 g/mol. The van der Waals surface area contributed by atoms with Crippen LogP contribution in [0.1, 0.15) is 15.9 Å². The van der Waals surface area contributed by atoms with Crippen molar-refractivity contribution in [2.75, 3.05) is 27.9 Å². The number of ether oxygens (including phenoxy) is 3. The highest BCUT2D eigenvalue weighted by atomic mass is 32.2. The summed E-state index contributed by atoms with van der Waals surface area (Å²) in [6.07, 6.45) is -4.71. The Morgan fingerprint density at radius 2 is 1.58 bits per heavy atom. The van der Waals surface area contributed by atoms with Crippen molar-refractivity contribution in [1.29, 1.82) is 0 Å². The Hall–Kier alpha value is -2.99. The van der Waals surface area contributed by atoms with Crippen molar-refractivity contribution < 1.29 is 40.6 Å². The monoisotopic (exact) mass is 462 g/mol. The van der Waals surface area contributed by atoms with Gasteiger partial charge in [-0.3, -0.25) is 4.79 Å². The number of hydrogen-bond acceptors (Lipinski definition) is 6. The molecule has 12 heteroatoms. The lowest BCUT2D eigenvalue weighted by molar-refractivity contribution is -0.121. The largest absolute Gasteiger partial charge is 0.496 e. The minimum atomic E-state index is -4.71. The van der Waals surface area contributed by atoms with Crippen LogP contribution in [0.15, 0.2) is 41.3 Å². The van der Waals surface area contributed by atoms with E-state index in [1.807, 2.05) is 0 Å². The van der Waals surface area contributed by atoms with Gasteiger partial charge < -0.3 is 19.5 Å². The van der Waals surface area contributed by atoms with Gasteiger partial charge in [-0.2, -0.15) is 13.2 Å². The predicted octanol–water partition coefficient (Wildman–Crippen LogP) is 2.48. The van der Waals surface area contributed by atoms with Crippen LogP contribution < -0.4 is 24.2 Å². The van der Waals surface area contributed by atoms with Gasteiger partial charge in [-0.1, -0.05) is 6.07 Å². The Bertz CT molecular complexity index is 1040. The summed E-state index contributed by atoms with van der Waals surface area (Å²) in [6.45, 7) is -1.71. The molecule has 0 heterocycles. The first-order valence-corrected chi connectivity index (χ1v) is 10.2. The first-order chi connectivity index (χ1) is 14.5. The summed E-state index contributed by atoms with van der Waals surface area (Å²) in [5, 5.41) is 2.60. The van der Waals surface area contributed by atoms with Gasteiger partial charge in [-0.25, -0.2) is 13.1 Å². The van der Waals surface area contributed by atoms with Gasteiger partial charge in [0.25, 0.3) is 5.91 Å². The van der Waals surface area contributed by atoms with Gasteiger partial charge >= 0.3 is 6.18 Å². The molecule has 0 fully saturated rings. The van der Waals surface area contributed by atoms with E-state index >= 15 is 0 Å². The van der Waals surface area contributed by atoms with Crippen LogP contribution in [0.4, 0.5) is 13.2 Å². The second-order valence-corrected chi connectivity index (χ2v) is 7.94. The van der Waals surface area contributed by atoms with Crippen LogP contribution in [0.3, 0.4) is 0 Å². The molecule has 0 aliphatic heterocycles. The molecular formula is C19H21F3N2O6S. The summed E-state index contributed by atoms with van der Waals surface area (Å²) in [6, 6.07) is 7.87. The Labute approximate surface area is 177 Å². The molecule has 8 nitrogen and oxygen atoms in total. The van der Waals surface area contributed by atoms with Crippen LogP contribution in [0.5, 0.6) is 17.2 Å². The Balaban J connectivity index is 2.18. The predicted molar refractivity (Wildman–Crippen MR) is 105 cm³/mol. The molecule has 0 aliphatic rings. The van der Waals surface area contributed by atoms with Gasteiger partial charge in [-0.05, 0) is 24.3 Å². The fourth-order valence-electron chi connectivity index (χ4n) is 2.57. The van der Waals surface area contributed by atoms with Gasteiger partial charge in [-0.15, -0.1) is 0 Å². The Morgan fingerprint density at radius 1 is 0.968 bits per heavy atom. The molecule has 2 aromatic rings. The molecule has 0 atom stereocenters. The fraction of sp³-hybridized carbons (Fsp3) is 0.316. The minimum Gasteiger partial charge on any atom is -0.496 e. The van der Waals surface area contributed by atoms with Crippen molar-refractivity contribution in [2.24, 2.45) is 0 Å². The standard InChI is InChI=1S/C19H21F3N2O6S/c1-28-15-9-17(30-3)16(29-2)8-13(15)10-23-18(25)12-5-4-6-14(7-12)31(26,27)24-11-19(20,21)22/h4-9,24H,10-11H2,1-3H3,(H,23,25). The van der Waals surface area contributed by atoms with Gasteiger partial charge in [0.15, 0.2) is 11.5 Å². The summed E-state index contributed by atoms with van der Waals surface area (Å²) >= 11 is 0. The molecule has 0 saturated heterocycles. The molecule has 170 valence electrons. The maximum absolute atomic E-state index is 12.5. The van der Waals surface area contributed by atoms with Crippen molar-refractivity contribution >= 4 is 15.9 Å². The number of rotatable bonds is 9. The van der Waals surface area contributed by atoms with E-state index in [9.17, 15) is 26.4 Å². The zero-order valence-corrected chi connectivity index (χ0v) is 17.7. The summed E-state index contributed by atoms with van der Waals surface area (Å²) < 4.78 is 78.2. The quantitative estimate of drug-likeness (QED) is 0.594. The number of nitrogens with one attached hydrogen (secondary N) is 2. The lowest BCUT2D eigenvalue weighted by atomic mass is 10.1. The molecule has 0 bridgehead atoms. The summed E-state index contributed by atoms with van der Waals surface area (Å²) in [7, 11) is -0.0936. The third-order valence-corrected chi connectivity index (χ3v) is 5.49. The highest BCUT2D eigenvalue weighted by Gasteiger charge is 2.30. The van der Waals surface area contributed by atoms with E-state index in [1.54, 1.807) is 12.1 Å². The van der Waals surface area contributed by atoms with E-state index in [0.29, 0.717) is 22.8 Å². The van der Waals surface area contributed by atoms with Gasteiger partial charge in [0.1, 0.15) is 12.3 Å². The molecule has 1 amide bonds. The number of benzene rings is 2. The zero-order chi connectivity index (χ0) is 23.2. The molecule has 0 aliphatic carbocycles. The molecule has 0 saturated carbocycles. The van der Waals surface area contributed by atoms with E-state index in [0.717, 1.165) is 12.1 Å². The summed E-state index contributed by atoms with van der Waals surface area (Å²) in [5.74, 6) is 0.630. The van der Waals surface area contributed by atoms with Crippen LogP contribution in [0.2, 0.25) is 0 Å². The molecule has 2 aromatic carbocycles. The average molecular weight is 462 g/mol. The number of amides is 1. The van der Waals surface area contributed by atoms with E-state index in [2.05, 4.69) is 5.32 Å². The van der Waals surface area contributed by atoms with E-state index in [-0.39, 0.29) is 12.1 Å². The second-order valence-electron chi connectivity index (χ2n) is 6.17. The van der Waals surface area contributed by atoms with Crippen molar-refractivity contribution in [3.05, 3.63) is 47.5 Å². The van der Waals surface area contributed by atoms with Crippen LogP contribution >= 0.6 is 0 Å². The first-order valence-electron chi connectivity index (χ1n) is 8.74. The van der Waals surface area contributed by atoms with Crippen LogP contribution in [0, 0.1) is 0 Å². The maximum Gasteiger partial charge on any atom is 0.402 e. The second kappa shape index (κ2) is 9.88. The highest BCUT2D eigenvalue weighted by molar-refractivity contribution is 7.89. The fourth-order valence-corrected chi connectivity index (χ4v) is 3.63. The average Bonchev–Trinajstić information content (AvgIpc) is 2.75. The van der Waals surface area contributed by atoms with Crippen LogP contribution in [-0.2, 0) is 16.6 Å². The molecule has 31 heavy (non-hydrogen) atoms. The number of methoxy groups -OCH3 is 3. The van der Waals surface area contributed by atoms with Crippen molar-refractivity contribution in [2.45, 2.75) is 17.6 Å². The number of alkyl halides is 3. The van der Waals surface area contributed by atoms with Gasteiger partial charge in [0, 0.05) is 23.7 Å². The molecule has 2 rings (SSSR count). The maximum atomic E-state index is 12.5. The SMILES string of the molecule is COc1cc(OC)c(OC)cc1CNC(=O)c1cccc(S(=O)(=O)NCC(F)(F)F)c1. The van der Waals surface area contributed by atoms with Gasteiger partial charge in [0.05, 0.1) is 26.2 Å². The summed E-state index contributed by atoms with van der Waals surface area (Å²) in [4.78, 5) is 12.0. The smallest absolute Gasteiger partial charge is 0.402 e. The normalized spacial score (nSPS) is 11.7. The first kappa shape index (κ1) is 24.3. The molecule has 0 aromatic heterocycles. The lowest BCUT2D eigenvalue weighted by Gasteiger charge is -2.15. The van der Waals surface area contributed by atoms with E-state index < -0.39 is 33.5 Å². The number of hydrogen-bond donors (Lipinski definition) is 2. The highest BCUT2D eigenvalue weighted by Crippen LogP contribution is 2.34. The molecule has 0 radical (unpaired) electrons. The van der Waals surface area contributed by atoms with E-state index in [4.69, 9.17) is 14.2 Å².